The molecule has 2 aromatic rings. The smallest absolute Gasteiger partial charge is 0.238 e. The molecular formula is C19H26N6O3S. The molecule has 3 N–H and O–H groups in total. The van der Waals surface area contributed by atoms with Crippen LogP contribution in [0.3, 0.4) is 0 Å². The van der Waals surface area contributed by atoms with Crippen molar-refractivity contribution in [3.8, 4) is 0 Å². The number of primary sulfonamides is 1. The van der Waals surface area contributed by atoms with E-state index in [4.69, 9.17) is 5.14 Å². The van der Waals surface area contributed by atoms with Gasteiger partial charge in [0.2, 0.25) is 15.9 Å². The quantitative estimate of drug-likeness (QED) is 0.619. The molecule has 1 saturated heterocycles. The Hall–Kier alpha value is -2.56. The molecular weight excluding hydrogens is 392 g/mol. The van der Waals surface area contributed by atoms with E-state index >= 15 is 0 Å². The van der Waals surface area contributed by atoms with Gasteiger partial charge in [0.1, 0.15) is 5.82 Å². The lowest BCUT2D eigenvalue weighted by Gasteiger charge is -2.35. The molecule has 9 nitrogen and oxygen atoms in total. The van der Waals surface area contributed by atoms with E-state index in [9.17, 15) is 13.2 Å². The molecule has 0 radical (unpaired) electrons. The number of sulfonamides is 1. The number of nitrogens with two attached hydrogens (primary N) is 1. The summed E-state index contributed by atoms with van der Waals surface area (Å²) in [5, 5.41) is 7.99. The summed E-state index contributed by atoms with van der Waals surface area (Å²) in [5.74, 6) is 0.907. The first-order valence-corrected chi connectivity index (χ1v) is 11.1. The van der Waals surface area contributed by atoms with Gasteiger partial charge in [0, 0.05) is 58.1 Å². The Morgan fingerprint density at radius 3 is 2.45 bits per heavy atom. The Balaban J connectivity index is 1.32. The molecule has 2 heterocycles. The predicted octanol–water partition coefficient (Wildman–Crippen LogP) is -0.00500. The standard InChI is InChI=1S/C19H26N6O3S/c20-29(27,28)17-3-1-16(2-4-17)5-7-23-19(26)6-10-24-11-13-25(14-12-24)18-15-21-8-9-22-18/h1-4,8-9,15H,5-7,10-14H2,(H,23,26)(H2,20,27,28). The molecule has 1 aliphatic rings. The lowest BCUT2D eigenvalue weighted by molar-refractivity contribution is -0.121. The van der Waals surface area contributed by atoms with Crippen LogP contribution in [0.4, 0.5) is 5.82 Å². The van der Waals surface area contributed by atoms with Crippen LogP contribution >= 0.6 is 0 Å². The summed E-state index contributed by atoms with van der Waals surface area (Å²) in [5.41, 5.74) is 0.942. The zero-order valence-electron chi connectivity index (χ0n) is 16.2. The maximum atomic E-state index is 12.1. The number of hydrogen-bond acceptors (Lipinski definition) is 7. The van der Waals surface area contributed by atoms with Crippen molar-refractivity contribution in [2.75, 3.05) is 44.2 Å². The number of hydrogen-bond donors (Lipinski definition) is 2. The van der Waals surface area contributed by atoms with Crippen LogP contribution in [-0.4, -0.2) is 68.5 Å². The fraction of sp³-hybridized carbons (Fsp3) is 0.421. The van der Waals surface area contributed by atoms with Crippen LogP contribution < -0.4 is 15.4 Å². The molecule has 0 bridgehead atoms. The molecule has 3 rings (SSSR count). The molecule has 1 aromatic heterocycles. The Morgan fingerprint density at radius 2 is 1.83 bits per heavy atom. The maximum Gasteiger partial charge on any atom is 0.238 e. The Morgan fingerprint density at radius 1 is 1.10 bits per heavy atom. The summed E-state index contributed by atoms with van der Waals surface area (Å²) < 4.78 is 22.5. The van der Waals surface area contributed by atoms with Crippen LogP contribution in [-0.2, 0) is 21.2 Å². The summed E-state index contributed by atoms with van der Waals surface area (Å²) in [6.07, 6.45) is 6.22. The molecule has 1 aromatic carbocycles. The molecule has 0 unspecified atom stereocenters. The van der Waals surface area contributed by atoms with E-state index in [0.717, 1.165) is 44.1 Å². The molecule has 1 fully saturated rings. The van der Waals surface area contributed by atoms with Gasteiger partial charge in [0.05, 0.1) is 11.1 Å². The normalized spacial score (nSPS) is 15.3. The van der Waals surface area contributed by atoms with Crippen molar-refractivity contribution in [1.82, 2.24) is 20.2 Å². The van der Waals surface area contributed by atoms with E-state index in [1.165, 1.54) is 12.1 Å². The van der Waals surface area contributed by atoms with Crippen molar-refractivity contribution < 1.29 is 13.2 Å². The predicted molar refractivity (Wildman–Crippen MR) is 110 cm³/mol. The van der Waals surface area contributed by atoms with Crippen LogP contribution in [0.5, 0.6) is 0 Å². The average Bonchev–Trinajstić information content (AvgIpc) is 2.73. The average molecular weight is 419 g/mol. The van der Waals surface area contributed by atoms with Crippen molar-refractivity contribution in [3.63, 3.8) is 0 Å². The molecule has 0 aliphatic carbocycles. The van der Waals surface area contributed by atoms with Crippen LogP contribution in [0.2, 0.25) is 0 Å². The van der Waals surface area contributed by atoms with Gasteiger partial charge in [0.15, 0.2) is 0 Å². The van der Waals surface area contributed by atoms with Crippen molar-refractivity contribution in [2.45, 2.75) is 17.7 Å². The molecule has 1 amide bonds. The van der Waals surface area contributed by atoms with Crippen LogP contribution in [0.15, 0.2) is 47.8 Å². The minimum atomic E-state index is -3.67. The first-order valence-electron chi connectivity index (χ1n) is 9.53. The number of carbonyl (C=O) groups is 1. The van der Waals surface area contributed by atoms with E-state index in [1.807, 2.05) is 0 Å². The van der Waals surface area contributed by atoms with Gasteiger partial charge in [-0.2, -0.15) is 0 Å². The third-order valence-electron chi connectivity index (χ3n) is 4.89. The second-order valence-corrected chi connectivity index (χ2v) is 8.49. The minimum absolute atomic E-state index is 0.0162. The monoisotopic (exact) mass is 418 g/mol. The highest BCUT2D eigenvalue weighted by atomic mass is 32.2. The second kappa shape index (κ2) is 9.77. The Kier molecular flexibility index (Phi) is 7.13. The number of anilines is 1. The third-order valence-corrected chi connectivity index (χ3v) is 5.82. The summed E-state index contributed by atoms with van der Waals surface area (Å²) in [4.78, 5) is 25.1. The zero-order valence-corrected chi connectivity index (χ0v) is 17.0. The Labute approximate surface area is 171 Å². The molecule has 1 aliphatic heterocycles. The number of rotatable bonds is 8. The zero-order chi connectivity index (χ0) is 20.7. The fourth-order valence-electron chi connectivity index (χ4n) is 3.20. The van der Waals surface area contributed by atoms with Crippen molar-refractivity contribution in [3.05, 3.63) is 48.4 Å². The van der Waals surface area contributed by atoms with E-state index in [0.29, 0.717) is 19.4 Å². The fourth-order valence-corrected chi connectivity index (χ4v) is 3.71. The summed E-state index contributed by atoms with van der Waals surface area (Å²) in [6.45, 7) is 4.75. The number of benzene rings is 1. The van der Waals surface area contributed by atoms with Gasteiger partial charge in [-0.25, -0.2) is 18.5 Å². The third kappa shape index (κ3) is 6.48. The van der Waals surface area contributed by atoms with Gasteiger partial charge in [-0.1, -0.05) is 12.1 Å². The van der Waals surface area contributed by atoms with Gasteiger partial charge in [-0.15, -0.1) is 0 Å². The number of nitrogens with zero attached hydrogens (tertiary/aromatic N) is 4. The molecule has 0 saturated carbocycles. The van der Waals surface area contributed by atoms with Crippen molar-refractivity contribution in [1.29, 1.82) is 0 Å². The largest absolute Gasteiger partial charge is 0.356 e. The van der Waals surface area contributed by atoms with E-state index < -0.39 is 10.0 Å². The first-order chi connectivity index (χ1) is 13.9. The minimum Gasteiger partial charge on any atom is -0.356 e. The van der Waals surface area contributed by atoms with E-state index in [1.54, 1.807) is 30.7 Å². The molecule has 0 atom stereocenters. The molecule has 10 heteroatoms. The van der Waals surface area contributed by atoms with Crippen LogP contribution in [0.25, 0.3) is 0 Å². The highest BCUT2D eigenvalue weighted by Crippen LogP contribution is 2.11. The molecule has 0 spiro atoms. The highest BCUT2D eigenvalue weighted by molar-refractivity contribution is 7.89. The number of carbonyl (C=O) groups excluding carboxylic acids is 1. The highest BCUT2D eigenvalue weighted by Gasteiger charge is 2.18. The molecule has 156 valence electrons. The van der Waals surface area contributed by atoms with Gasteiger partial charge in [-0.3, -0.25) is 14.7 Å². The Bertz CT molecular complexity index is 897. The van der Waals surface area contributed by atoms with Crippen LogP contribution in [0, 0.1) is 0 Å². The lowest BCUT2D eigenvalue weighted by Crippen LogP contribution is -2.47. The second-order valence-electron chi connectivity index (χ2n) is 6.93. The number of nitrogens with one attached hydrogen (secondary N) is 1. The maximum absolute atomic E-state index is 12.1. The van der Waals surface area contributed by atoms with Crippen LogP contribution in [0.1, 0.15) is 12.0 Å². The first kappa shape index (κ1) is 21.2. The van der Waals surface area contributed by atoms with Crippen molar-refractivity contribution >= 4 is 21.7 Å². The molecule has 29 heavy (non-hydrogen) atoms. The SMILES string of the molecule is NS(=O)(=O)c1ccc(CCNC(=O)CCN2CCN(c3cnccn3)CC2)cc1. The number of amides is 1. The summed E-state index contributed by atoms with van der Waals surface area (Å²) >= 11 is 0. The van der Waals surface area contributed by atoms with Crippen molar-refractivity contribution in [2.24, 2.45) is 5.14 Å². The van der Waals surface area contributed by atoms with Gasteiger partial charge >= 0.3 is 0 Å². The van der Waals surface area contributed by atoms with Gasteiger partial charge < -0.3 is 10.2 Å². The van der Waals surface area contributed by atoms with E-state index in [2.05, 4.69) is 25.1 Å². The van der Waals surface area contributed by atoms with Gasteiger partial charge in [-0.05, 0) is 24.1 Å². The van der Waals surface area contributed by atoms with E-state index in [-0.39, 0.29) is 10.8 Å². The van der Waals surface area contributed by atoms with Gasteiger partial charge in [0.25, 0.3) is 0 Å². The summed E-state index contributed by atoms with van der Waals surface area (Å²) in [6, 6.07) is 6.38. The summed E-state index contributed by atoms with van der Waals surface area (Å²) in [7, 11) is -3.67. The topological polar surface area (TPSA) is 122 Å². The number of piperazine rings is 1. The number of aromatic nitrogens is 2. The lowest BCUT2D eigenvalue weighted by atomic mass is 10.1.